The summed E-state index contributed by atoms with van der Waals surface area (Å²) in [7, 11) is 0. The van der Waals surface area contributed by atoms with Crippen molar-refractivity contribution in [3.05, 3.63) is 0 Å². The molecular formula is C15H31N3O. The number of piperazine rings is 1. The molecule has 2 fully saturated rings. The van der Waals surface area contributed by atoms with E-state index in [1.807, 2.05) is 0 Å². The molecule has 19 heavy (non-hydrogen) atoms. The second-order valence-electron chi connectivity index (χ2n) is 6.83. The van der Waals surface area contributed by atoms with E-state index in [0.29, 0.717) is 24.7 Å². The fourth-order valence-electron chi connectivity index (χ4n) is 3.28. The van der Waals surface area contributed by atoms with Crippen LogP contribution in [0.4, 0.5) is 0 Å². The minimum Gasteiger partial charge on any atom is -0.395 e. The highest BCUT2D eigenvalue weighted by atomic mass is 16.3. The molecule has 0 aromatic heterocycles. The third-order valence-corrected chi connectivity index (χ3v) is 4.79. The topological polar surface area (TPSA) is 30.0 Å². The molecule has 1 N–H and O–H groups in total. The van der Waals surface area contributed by atoms with Gasteiger partial charge in [-0.3, -0.25) is 9.80 Å². The molecule has 0 bridgehead atoms. The molecule has 2 heterocycles. The van der Waals surface area contributed by atoms with Crippen LogP contribution >= 0.6 is 0 Å². The van der Waals surface area contributed by atoms with Crippen molar-refractivity contribution in [2.75, 3.05) is 45.9 Å². The molecule has 4 nitrogen and oxygen atoms in total. The van der Waals surface area contributed by atoms with Gasteiger partial charge < -0.3 is 10.0 Å². The average molecular weight is 269 g/mol. The number of rotatable bonds is 5. The Morgan fingerprint density at radius 2 is 1.58 bits per heavy atom. The van der Waals surface area contributed by atoms with Crippen molar-refractivity contribution in [3.63, 3.8) is 0 Å². The molecule has 2 aliphatic heterocycles. The van der Waals surface area contributed by atoms with Gasteiger partial charge in [-0.15, -0.1) is 0 Å². The highest BCUT2D eigenvalue weighted by Crippen LogP contribution is 2.22. The second-order valence-corrected chi connectivity index (χ2v) is 6.83. The number of nitrogens with zero attached hydrogens (tertiary/aromatic N) is 3. The Bertz CT molecular complexity index is 277. The van der Waals surface area contributed by atoms with Crippen LogP contribution in [0.15, 0.2) is 0 Å². The molecule has 2 saturated heterocycles. The maximum atomic E-state index is 9.63. The third kappa shape index (κ3) is 3.69. The van der Waals surface area contributed by atoms with E-state index in [2.05, 4.69) is 42.4 Å². The van der Waals surface area contributed by atoms with Crippen LogP contribution in [-0.2, 0) is 0 Å². The molecule has 0 saturated carbocycles. The smallest absolute Gasteiger partial charge is 0.0599 e. The number of aliphatic hydroxyl groups excluding tert-OH is 1. The molecule has 1 atom stereocenters. The summed E-state index contributed by atoms with van der Waals surface area (Å²) in [5.74, 6) is 0.807. The van der Waals surface area contributed by atoms with E-state index in [1.54, 1.807) is 0 Å². The molecule has 0 aromatic rings. The Kier molecular flexibility index (Phi) is 5.23. The average Bonchev–Trinajstić information content (AvgIpc) is 2.32. The van der Waals surface area contributed by atoms with E-state index in [1.165, 1.54) is 19.6 Å². The first kappa shape index (κ1) is 15.2. The fourth-order valence-corrected chi connectivity index (χ4v) is 3.28. The van der Waals surface area contributed by atoms with Crippen LogP contribution in [0.25, 0.3) is 0 Å². The second kappa shape index (κ2) is 6.53. The van der Waals surface area contributed by atoms with Crippen molar-refractivity contribution in [2.24, 2.45) is 5.92 Å². The molecule has 112 valence electrons. The minimum atomic E-state index is 0.295. The lowest BCUT2D eigenvalue weighted by Crippen LogP contribution is -2.60. The summed E-state index contributed by atoms with van der Waals surface area (Å²) in [6.07, 6.45) is 0. The monoisotopic (exact) mass is 269 g/mol. The van der Waals surface area contributed by atoms with Gasteiger partial charge in [-0.2, -0.15) is 0 Å². The largest absolute Gasteiger partial charge is 0.395 e. The zero-order valence-electron chi connectivity index (χ0n) is 13.0. The van der Waals surface area contributed by atoms with Crippen molar-refractivity contribution in [1.82, 2.24) is 14.7 Å². The van der Waals surface area contributed by atoms with E-state index < -0.39 is 0 Å². The molecule has 0 aromatic carbocycles. The van der Waals surface area contributed by atoms with Crippen molar-refractivity contribution >= 4 is 0 Å². The highest BCUT2D eigenvalue weighted by molar-refractivity contribution is 4.89. The Morgan fingerprint density at radius 1 is 0.947 bits per heavy atom. The van der Waals surface area contributed by atoms with E-state index >= 15 is 0 Å². The van der Waals surface area contributed by atoms with Crippen molar-refractivity contribution < 1.29 is 5.11 Å². The molecule has 0 aliphatic carbocycles. The summed E-state index contributed by atoms with van der Waals surface area (Å²) in [5, 5.41) is 9.63. The van der Waals surface area contributed by atoms with Gasteiger partial charge in [-0.25, -0.2) is 0 Å². The SMILES string of the molecule is CC(C)N1CC(CN2CCN(C(C)C)C[C@@H]2CO)C1. The van der Waals surface area contributed by atoms with Crippen LogP contribution in [0.2, 0.25) is 0 Å². The van der Waals surface area contributed by atoms with Gasteiger partial charge >= 0.3 is 0 Å². The summed E-state index contributed by atoms with van der Waals surface area (Å²) >= 11 is 0. The maximum absolute atomic E-state index is 9.63. The van der Waals surface area contributed by atoms with Gasteiger partial charge in [-0.1, -0.05) is 0 Å². The predicted molar refractivity (Wildman–Crippen MR) is 79.4 cm³/mol. The molecule has 0 spiro atoms. The van der Waals surface area contributed by atoms with Gasteiger partial charge in [0.05, 0.1) is 6.61 Å². The van der Waals surface area contributed by atoms with Crippen molar-refractivity contribution in [2.45, 2.75) is 45.8 Å². The lowest BCUT2D eigenvalue weighted by Gasteiger charge is -2.48. The molecule has 4 heteroatoms. The molecule has 0 amide bonds. The summed E-state index contributed by atoms with van der Waals surface area (Å²) in [6.45, 7) is 16.3. The van der Waals surface area contributed by atoms with Gasteiger partial charge in [0, 0.05) is 57.4 Å². The van der Waals surface area contributed by atoms with Crippen LogP contribution in [0.1, 0.15) is 27.7 Å². The molecule has 2 rings (SSSR count). The third-order valence-electron chi connectivity index (χ3n) is 4.79. The lowest BCUT2D eigenvalue weighted by molar-refractivity contribution is -0.0144. The summed E-state index contributed by atoms with van der Waals surface area (Å²) in [4.78, 5) is 7.53. The van der Waals surface area contributed by atoms with E-state index in [4.69, 9.17) is 0 Å². The predicted octanol–water partition coefficient (Wildman–Crippen LogP) is 0.714. The van der Waals surface area contributed by atoms with Gasteiger partial charge in [-0.05, 0) is 33.6 Å². The number of aliphatic hydroxyl groups is 1. The van der Waals surface area contributed by atoms with Gasteiger partial charge in [0.1, 0.15) is 0 Å². The van der Waals surface area contributed by atoms with Crippen LogP contribution in [0, 0.1) is 5.92 Å². The normalized spacial score (nSPS) is 28.3. The Labute approximate surface area is 118 Å². The van der Waals surface area contributed by atoms with E-state index in [0.717, 1.165) is 25.6 Å². The molecule has 0 radical (unpaired) electrons. The standard InChI is InChI=1S/C15H31N3O/c1-12(2)16-5-6-17(15(10-16)11-19)7-14-8-18(9-14)13(3)4/h12-15,19H,5-11H2,1-4H3/t15-/m1/s1. The minimum absolute atomic E-state index is 0.295. The summed E-state index contributed by atoms with van der Waals surface area (Å²) < 4.78 is 0. The van der Waals surface area contributed by atoms with Crippen LogP contribution < -0.4 is 0 Å². The first-order valence-electron chi connectivity index (χ1n) is 7.84. The van der Waals surface area contributed by atoms with Gasteiger partial charge in [0.2, 0.25) is 0 Å². The molecular weight excluding hydrogens is 238 g/mol. The number of hydrogen-bond acceptors (Lipinski definition) is 4. The Balaban J connectivity index is 1.78. The van der Waals surface area contributed by atoms with E-state index in [9.17, 15) is 5.11 Å². The van der Waals surface area contributed by atoms with Crippen LogP contribution in [0.5, 0.6) is 0 Å². The van der Waals surface area contributed by atoms with Crippen molar-refractivity contribution in [3.8, 4) is 0 Å². The van der Waals surface area contributed by atoms with E-state index in [-0.39, 0.29) is 0 Å². The number of hydrogen-bond donors (Lipinski definition) is 1. The Hall–Kier alpha value is -0.160. The van der Waals surface area contributed by atoms with Gasteiger partial charge in [0.15, 0.2) is 0 Å². The summed E-state index contributed by atoms with van der Waals surface area (Å²) in [5.41, 5.74) is 0. The van der Waals surface area contributed by atoms with Crippen LogP contribution in [-0.4, -0.2) is 83.8 Å². The fraction of sp³-hybridized carbons (Fsp3) is 1.00. The first-order valence-corrected chi connectivity index (χ1v) is 7.84. The zero-order chi connectivity index (χ0) is 14.0. The van der Waals surface area contributed by atoms with Crippen LogP contribution in [0.3, 0.4) is 0 Å². The molecule has 0 unspecified atom stereocenters. The number of likely N-dealkylation sites (tertiary alicyclic amines) is 1. The quantitative estimate of drug-likeness (QED) is 0.796. The molecule has 2 aliphatic rings. The van der Waals surface area contributed by atoms with Crippen molar-refractivity contribution in [1.29, 1.82) is 0 Å². The zero-order valence-corrected chi connectivity index (χ0v) is 13.0. The van der Waals surface area contributed by atoms with Gasteiger partial charge in [0.25, 0.3) is 0 Å². The summed E-state index contributed by atoms with van der Waals surface area (Å²) in [6, 6.07) is 1.61. The first-order chi connectivity index (χ1) is 9.01. The lowest BCUT2D eigenvalue weighted by atomic mass is 9.96. The maximum Gasteiger partial charge on any atom is 0.0599 e. The Morgan fingerprint density at radius 3 is 2.11 bits per heavy atom. The highest BCUT2D eigenvalue weighted by Gasteiger charge is 2.34.